The Balaban J connectivity index is 1.66. The highest BCUT2D eigenvalue weighted by atomic mass is 32.1. The normalized spacial score (nSPS) is 12.0. The van der Waals surface area contributed by atoms with Crippen molar-refractivity contribution in [2.24, 2.45) is 0 Å². The largest absolute Gasteiger partial charge is 0.481 e. The summed E-state index contributed by atoms with van der Waals surface area (Å²) >= 11 is 1.54. The van der Waals surface area contributed by atoms with Crippen LogP contribution in [0.15, 0.2) is 40.2 Å². The van der Waals surface area contributed by atoms with Crippen LogP contribution in [0.4, 0.5) is 0 Å². The Kier molecular flexibility index (Phi) is 5.91. The van der Waals surface area contributed by atoms with Gasteiger partial charge in [0, 0.05) is 7.05 Å². The van der Waals surface area contributed by atoms with Gasteiger partial charge in [-0.05, 0) is 55.0 Å². The summed E-state index contributed by atoms with van der Waals surface area (Å²) in [4.78, 5) is 19.7. The third-order valence-corrected chi connectivity index (χ3v) is 4.94. The third-order valence-electron chi connectivity index (χ3n) is 4.08. The van der Waals surface area contributed by atoms with Crippen LogP contribution in [-0.2, 0) is 11.3 Å². The lowest BCUT2D eigenvalue weighted by atomic mass is 10.1. The molecule has 1 aromatic carbocycles. The number of hydrogen-bond donors (Lipinski definition) is 0. The van der Waals surface area contributed by atoms with Crippen LogP contribution in [0.5, 0.6) is 5.75 Å². The van der Waals surface area contributed by atoms with Crippen LogP contribution in [0.1, 0.15) is 30.4 Å². The van der Waals surface area contributed by atoms with Gasteiger partial charge in [0.05, 0.1) is 11.4 Å². The van der Waals surface area contributed by atoms with Gasteiger partial charge in [0.2, 0.25) is 11.7 Å². The highest BCUT2D eigenvalue weighted by Crippen LogP contribution is 2.22. The van der Waals surface area contributed by atoms with Crippen molar-refractivity contribution >= 4 is 17.2 Å². The van der Waals surface area contributed by atoms with Crippen molar-refractivity contribution in [1.82, 2.24) is 15.0 Å². The number of nitrogens with zero attached hydrogens (tertiary/aromatic N) is 3. The zero-order valence-electron chi connectivity index (χ0n) is 15.9. The van der Waals surface area contributed by atoms with Gasteiger partial charge in [0.25, 0.3) is 5.91 Å². The molecule has 7 heteroatoms. The number of rotatable bonds is 7. The molecule has 2 aromatic heterocycles. The average Bonchev–Trinajstić information content (AvgIpc) is 3.29. The van der Waals surface area contributed by atoms with Crippen molar-refractivity contribution in [2.45, 2.75) is 39.8 Å². The van der Waals surface area contributed by atoms with Crippen molar-refractivity contribution in [1.29, 1.82) is 0 Å². The van der Waals surface area contributed by atoms with Crippen LogP contribution in [0, 0.1) is 13.8 Å². The van der Waals surface area contributed by atoms with Crippen molar-refractivity contribution in [3.05, 3.63) is 52.7 Å². The molecule has 0 N–H and O–H groups in total. The standard InChI is InChI=1S/C20H23N3O3S/c1-5-16(25-15-10-13(2)9-14(3)11-15)20(24)23(4)12-18-21-19(22-26-18)17-7-6-8-27-17/h6-11,16H,5,12H2,1-4H3/t16-/m0/s1. The second-order valence-corrected chi connectivity index (χ2v) is 7.47. The number of ether oxygens (including phenoxy) is 1. The number of carbonyl (C=O) groups is 1. The van der Waals surface area contributed by atoms with E-state index < -0.39 is 6.10 Å². The van der Waals surface area contributed by atoms with Crippen molar-refractivity contribution < 1.29 is 14.1 Å². The van der Waals surface area contributed by atoms with Gasteiger partial charge in [0.15, 0.2) is 6.10 Å². The number of aryl methyl sites for hydroxylation is 2. The van der Waals surface area contributed by atoms with E-state index in [-0.39, 0.29) is 12.5 Å². The van der Waals surface area contributed by atoms with E-state index in [9.17, 15) is 4.79 Å². The molecule has 2 heterocycles. The molecule has 3 rings (SSSR count). The lowest BCUT2D eigenvalue weighted by Gasteiger charge is -2.23. The summed E-state index contributed by atoms with van der Waals surface area (Å²) < 4.78 is 11.2. The Morgan fingerprint density at radius 3 is 2.67 bits per heavy atom. The van der Waals surface area contributed by atoms with Gasteiger partial charge in [-0.25, -0.2) is 0 Å². The van der Waals surface area contributed by atoms with Gasteiger partial charge >= 0.3 is 0 Å². The van der Waals surface area contributed by atoms with Gasteiger partial charge in [-0.15, -0.1) is 11.3 Å². The molecule has 0 radical (unpaired) electrons. The highest BCUT2D eigenvalue weighted by Gasteiger charge is 2.24. The fourth-order valence-electron chi connectivity index (χ4n) is 2.83. The topological polar surface area (TPSA) is 68.5 Å². The smallest absolute Gasteiger partial charge is 0.263 e. The maximum absolute atomic E-state index is 12.8. The van der Waals surface area contributed by atoms with Gasteiger partial charge in [-0.1, -0.05) is 24.2 Å². The summed E-state index contributed by atoms with van der Waals surface area (Å²) in [7, 11) is 1.71. The van der Waals surface area contributed by atoms with Gasteiger partial charge < -0.3 is 14.2 Å². The van der Waals surface area contributed by atoms with E-state index in [1.165, 1.54) is 0 Å². The second-order valence-electron chi connectivity index (χ2n) is 6.52. The molecule has 0 bridgehead atoms. The lowest BCUT2D eigenvalue weighted by molar-refractivity contribution is -0.138. The predicted octanol–water partition coefficient (Wildman–Crippen LogP) is 4.23. The van der Waals surface area contributed by atoms with Gasteiger partial charge in [0.1, 0.15) is 5.75 Å². The molecule has 142 valence electrons. The Hall–Kier alpha value is -2.67. The first-order chi connectivity index (χ1) is 13.0. The summed E-state index contributed by atoms with van der Waals surface area (Å²) in [5.41, 5.74) is 2.21. The van der Waals surface area contributed by atoms with E-state index in [0.29, 0.717) is 23.9 Å². The molecule has 0 fully saturated rings. The number of aromatic nitrogens is 2. The fraction of sp³-hybridized carbons (Fsp3) is 0.350. The Bertz CT molecular complexity index is 885. The average molecular weight is 385 g/mol. The first kappa shape index (κ1) is 19.1. The third kappa shape index (κ3) is 4.74. The van der Waals surface area contributed by atoms with Crippen LogP contribution in [0.25, 0.3) is 10.7 Å². The van der Waals surface area contributed by atoms with Gasteiger partial charge in [-0.3, -0.25) is 4.79 Å². The summed E-state index contributed by atoms with van der Waals surface area (Å²) in [6, 6.07) is 9.81. The van der Waals surface area contributed by atoms with E-state index in [0.717, 1.165) is 16.0 Å². The van der Waals surface area contributed by atoms with E-state index in [4.69, 9.17) is 9.26 Å². The Morgan fingerprint density at radius 2 is 2.04 bits per heavy atom. The zero-order chi connectivity index (χ0) is 19.4. The quantitative estimate of drug-likeness (QED) is 0.609. The summed E-state index contributed by atoms with van der Waals surface area (Å²) in [6.07, 6.45) is 0.0105. The SMILES string of the molecule is CC[C@H](Oc1cc(C)cc(C)c1)C(=O)N(C)Cc1nc(-c2cccs2)no1. The molecule has 0 aliphatic heterocycles. The molecule has 0 spiro atoms. The molecule has 1 amide bonds. The molecule has 3 aromatic rings. The number of hydrogen-bond acceptors (Lipinski definition) is 6. The van der Waals surface area contributed by atoms with E-state index in [1.54, 1.807) is 23.3 Å². The van der Waals surface area contributed by atoms with E-state index in [2.05, 4.69) is 16.2 Å². The van der Waals surface area contributed by atoms with Gasteiger partial charge in [-0.2, -0.15) is 4.98 Å². The van der Waals surface area contributed by atoms with Crippen LogP contribution < -0.4 is 4.74 Å². The van der Waals surface area contributed by atoms with Crippen molar-refractivity contribution in [3.63, 3.8) is 0 Å². The molecule has 1 atom stereocenters. The Labute approximate surface area is 162 Å². The summed E-state index contributed by atoms with van der Waals surface area (Å²) in [5.74, 6) is 1.53. The second kappa shape index (κ2) is 8.35. The van der Waals surface area contributed by atoms with E-state index >= 15 is 0 Å². The molecule has 0 aliphatic rings. The molecular formula is C20H23N3O3S. The monoisotopic (exact) mass is 385 g/mol. The molecule has 0 aliphatic carbocycles. The number of carbonyl (C=O) groups excluding carboxylic acids is 1. The molecule has 6 nitrogen and oxygen atoms in total. The lowest BCUT2D eigenvalue weighted by Crippen LogP contribution is -2.39. The maximum atomic E-state index is 12.8. The van der Waals surface area contributed by atoms with E-state index in [1.807, 2.05) is 50.4 Å². The predicted molar refractivity (Wildman–Crippen MR) is 105 cm³/mol. The minimum atomic E-state index is -0.559. The fourth-order valence-corrected chi connectivity index (χ4v) is 3.47. The van der Waals surface area contributed by atoms with Crippen molar-refractivity contribution in [2.75, 3.05) is 7.05 Å². The molecular weight excluding hydrogens is 362 g/mol. The minimum Gasteiger partial charge on any atom is -0.481 e. The zero-order valence-corrected chi connectivity index (χ0v) is 16.7. The van der Waals surface area contributed by atoms with Crippen LogP contribution >= 0.6 is 11.3 Å². The van der Waals surface area contributed by atoms with Crippen LogP contribution in [-0.4, -0.2) is 34.1 Å². The summed E-state index contributed by atoms with van der Waals surface area (Å²) in [5, 5.41) is 5.93. The molecule has 0 saturated heterocycles. The van der Waals surface area contributed by atoms with Crippen molar-refractivity contribution in [3.8, 4) is 16.5 Å². The van der Waals surface area contributed by atoms with Crippen LogP contribution in [0.2, 0.25) is 0 Å². The number of benzene rings is 1. The highest BCUT2D eigenvalue weighted by molar-refractivity contribution is 7.13. The molecule has 0 saturated carbocycles. The first-order valence-electron chi connectivity index (χ1n) is 8.82. The number of likely N-dealkylation sites (N-methyl/N-ethyl adjacent to an activating group) is 1. The minimum absolute atomic E-state index is 0.118. The maximum Gasteiger partial charge on any atom is 0.263 e. The summed E-state index contributed by atoms with van der Waals surface area (Å²) in [6.45, 7) is 6.19. The Morgan fingerprint density at radius 1 is 1.30 bits per heavy atom. The number of thiophene rings is 1. The molecule has 27 heavy (non-hydrogen) atoms. The van der Waals surface area contributed by atoms with Crippen LogP contribution in [0.3, 0.4) is 0 Å². The molecule has 0 unspecified atom stereocenters. The number of amides is 1. The first-order valence-corrected chi connectivity index (χ1v) is 9.70.